The quantitative estimate of drug-likeness (QED) is 0.625. The lowest BCUT2D eigenvalue weighted by Crippen LogP contribution is -2.27. The molecule has 0 radical (unpaired) electrons. The van der Waals surface area contributed by atoms with E-state index in [4.69, 9.17) is 0 Å². The molecule has 3 aromatic rings. The number of nitrogens with one attached hydrogen (secondary N) is 1. The Morgan fingerprint density at radius 1 is 1.03 bits per heavy atom. The Labute approximate surface area is 174 Å². The van der Waals surface area contributed by atoms with Crippen LogP contribution in [-0.4, -0.2) is 45.8 Å². The summed E-state index contributed by atoms with van der Waals surface area (Å²) < 4.78 is 54.4. The van der Waals surface area contributed by atoms with Crippen LogP contribution in [0.4, 0.5) is 17.6 Å². The second-order valence-electron chi connectivity index (χ2n) is 6.75. The van der Waals surface area contributed by atoms with E-state index < -0.39 is 29.3 Å². The van der Waals surface area contributed by atoms with Crippen molar-refractivity contribution >= 4 is 11.8 Å². The number of halogens is 4. The fourth-order valence-corrected chi connectivity index (χ4v) is 2.74. The van der Waals surface area contributed by atoms with Gasteiger partial charge in [-0.15, -0.1) is 5.10 Å². The molecule has 162 valence electrons. The molecule has 0 atom stereocenters. The largest absolute Gasteiger partial charge is 0.435 e. The lowest BCUT2D eigenvalue weighted by atomic mass is 10.1. The van der Waals surface area contributed by atoms with Crippen LogP contribution in [0.3, 0.4) is 0 Å². The SMILES string of the molecule is CN(C)C(=O)c1ccc(CNC(=O)c2nnn(-c3ccc(F)cc3)c2C(F)(F)F)cc1. The van der Waals surface area contributed by atoms with Gasteiger partial charge in [0.2, 0.25) is 0 Å². The van der Waals surface area contributed by atoms with E-state index in [1.165, 1.54) is 4.90 Å². The molecule has 0 fully saturated rings. The summed E-state index contributed by atoms with van der Waals surface area (Å²) in [6.45, 7) is -0.0873. The summed E-state index contributed by atoms with van der Waals surface area (Å²) in [5.41, 5.74) is -1.37. The monoisotopic (exact) mass is 435 g/mol. The van der Waals surface area contributed by atoms with Crippen molar-refractivity contribution in [3.05, 3.63) is 76.9 Å². The van der Waals surface area contributed by atoms with Crippen LogP contribution < -0.4 is 5.32 Å². The Morgan fingerprint density at radius 3 is 2.19 bits per heavy atom. The average molecular weight is 435 g/mol. The van der Waals surface area contributed by atoms with Crippen molar-refractivity contribution in [1.82, 2.24) is 25.2 Å². The molecule has 3 rings (SSSR count). The molecule has 0 saturated heterocycles. The van der Waals surface area contributed by atoms with Crippen molar-refractivity contribution in [2.24, 2.45) is 0 Å². The predicted molar refractivity (Wildman–Crippen MR) is 102 cm³/mol. The van der Waals surface area contributed by atoms with Crippen molar-refractivity contribution in [3.63, 3.8) is 0 Å². The highest BCUT2D eigenvalue weighted by molar-refractivity contribution is 5.94. The molecule has 2 amide bonds. The average Bonchev–Trinajstić information content (AvgIpc) is 3.18. The number of alkyl halides is 3. The maximum Gasteiger partial charge on any atom is 0.435 e. The minimum atomic E-state index is -4.93. The van der Waals surface area contributed by atoms with Gasteiger partial charge in [0, 0.05) is 26.2 Å². The maximum atomic E-state index is 13.6. The lowest BCUT2D eigenvalue weighted by Gasteiger charge is -2.12. The third kappa shape index (κ3) is 4.87. The number of amides is 2. The highest BCUT2D eigenvalue weighted by atomic mass is 19.4. The smallest absolute Gasteiger partial charge is 0.346 e. The maximum absolute atomic E-state index is 13.6. The fraction of sp³-hybridized carbons (Fsp3) is 0.200. The van der Waals surface area contributed by atoms with Gasteiger partial charge in [-0.1, -0.05) is 17.3 Å². The molecule has 0 bridgehead atoms. The highest BCUT2D eigenvalue weighted by Gasteiger charge is 2.42. The molecule has 11 heteroatoms. The number of carbonyl (C=O) groups excluding carboxylic acids is 2. The van der Waals surface area contributed by atoms with Crippen LogP contribution in [0.1, 0.15) is 32.1 Å². The number of hydrogen-bond acceptors (Lipinski definition) is 4. The van der Waals surface area contributed by atoms with E-state index in [9.17, 15) is 27.2 Å². The predicted octanol–water partition coefficient (Wildman–Crippen LogP) is 3.06. The number of aromatic nitrogens is 3. The zero-order valence-electron chi connectivity index (χ0n) is 16.4. The highest BCUT2D eigenvalue weighted by Crippen LogP contribution is 2.32. The van der Waals surface area contributed by atoms with Crippen molar-refractivity contribution in [1.29, 1.82) is 0 Å². The van der Waals surface area contributed by atoms with Crippen LogP contribution in [0.25, 0.3) is 5.69 Å². The van der Waals surface area contributed by atoms with E-state index in [0.717, 1.165) is 24.3 Å². The molecule has 1 aromatic heterocycles. The molecule has 0 aliphatic rings. The summed E-state index contributed by atoms with van der Waals surface area (Å²) in [5.74, 6) is -1.91. The van der Waals surface area contributed by atoms with Crippen molar-refractivity contribution in [2.45, 2.75) is 12.7 Å². The Hall–Kier alpha value is -3.76. The first kappa shape index (κ1) is 21.9. The molecule has 7 nitrogen and oxygen atoms in total. The number of benzene rings is 2. The molecule has 1 N–H and O–H groups in total. The van der Waals surface area contributed by atoms with Crippen LogP contribution in [0.2, 0.25) is 0 Å². The Bertz CT molecular complexity index is 1090. The molecule has 0 saturated carbocycles. The van der Waals surface area contributed by atoms with Crippen LogP contribution in [-0.2, 0) is 12.7 Å². The van der Waals surface area contributed by atoms with Gasteiger partial charge in [0.05, 0.1) is 5.69 Å². The fourth-order valence-electron chi connectivity index (χ4n) is 2.74. The van der Waals surface area contributed by atoms with Crippen LogP contribution in [0.15, 0.2) is 48.5 Å². The van der Waals surface area contributed by atoms with Gasteiger partial charge in [-0.2, -0.15) is 13.2 Å². The summed E-state index contributed by atoms with van der Waals surface area (Å²) >= 11 is 0. The Morgan fingerprint density at radius 2 is 1.65 bits per heavy atom. The zero-order valence-corrected chi connectivity index (χ0v) is 16.4. The minimum Gasteiger partial charge on any atom is -0.346 e. The molecule has 0 spiro atoms. The lowest BCUT2D eigenvalue weighted by molar-refractivity contribution is -0.143. The van der Waals surface area contributed by atoms with E-state index in [2.05, 4.69) is 15.6 Å². The van der Waals surface area contributed by atoms with Gasteiger partial charge in [-0.05, 0) is 42.0 Å². The van der Waals surface area contributed by atoms with Gasteiger partial charge >= 0.3 is 6.18 Å². The van der Waals surface area contributed by atoms with Gasteiger partial charge in [0.25, 0.3) is 11.8 Å². The number of hydrogen-bond donors (Lipinski definition) is 1. The van der Waals surface area contributed by atoms with Gasteiger partial charge in [-0.25, -0.2) is 9.07 Å². The number of carbonyl (C=O) groups is 2. The van der Waals surface area contributed by atoms with Crippen molar-refractivity contribution < 1.29 is 27.2 Å². The van der Waals surface area contributed by atoms with E-state index in [1.54, 1.807) is 38.4 Å². The zero-order chi connectivity index (χ0) is 22.8. The summed E-state index contributed by atoms with van der Waals surface area (Å²) in [4.78, 5) is 25.7. The molecule has 0 aliphatic heterocycles. The minimum absolute atomic E-state index is 0.0873. The molecule has 31 heavy (non-hydrogen) atoms. The molecule has 2 aromatic carbocycles. The first-order valence-corrected chi connectivity index (χ1v) is 8.95. The molecule has 0 unspecified atom stereocenters. The normalized spacial score (nSPS) is 11.3. The molecule has 0 aliphatic carbocycles. The first-order chi connectivity index (χ1) is 14.6. The van der Waals surface area contributed by atoms with Crippen LogP contribution in [0, 0.1) is 5.82 Å². The summed E-state index contributed by atoms with van der Waals surface area (Å²) in [6.07, 6.45) is -4.93. The van der Waals surface area contributed by atoms with E-state index in [-0.39, 0.29) is 18.1 Å². The molecular formula is C20H17F4N5O2. The summed E-state index contributed by atoms with van der Waals surface area (Å²) in [5, 5.41) is 9.18. The van der Waals surface area contributed by atoms with Crippen LogP contribution >= 0.6 is 0 Å². The van der Waals surface area contributed by atoms with E-state index >= 15 is 0 Å². The number of rotatable bonds is 5. The second kappa shape index (κ2) is 8.54. The van der Waals surface area contributed by atoms with E-state index in [1.807, 2.05) is 0 Å². The van der Waals surface area contributed by atoms with E-state index in [0.29, 0.717) is 15.8 Å². The number of nitrogens with zero attached hydrogens (tertiary/aromatic N) is 4. The van der Waals surface area contributed by atoms with Crippen molar-refractivity contribution in [2.75, 3.05) is 14.1 Å². The standard InChI is InChI=1S/C20H17F4N5O2/c1-28(2)19(31)13-5-3-12(4-6-13)11-25-18(30)16-17(20(22,23)24)29(27-26-16)15-9-7-14(21)8-10-15/h3-10H,11H2,1-2H3,(H,25,30). The molecule has 1 heterocycles. The van der Waals surface area contributed by atoms with Gasteiger partial charge in [0.15, 0.2) is 11.4 Å². The van der Waals surface area contributed by atoms with Crippen molar-refractivity contribution in [3.8, 4) is 5.69 Å². The first-order valence-electron chi connectivity index (χ1n) is 8.95. The third-order valence-corrected chi connectivity index (χ3v) is 4.29. The topological polar surface area (TPSA) is 80.1 Å². The summed E-state index contributed by atoms with van der Waals surface area (Å²) in [6, 6.07) is 10.4. The van der Waals surface area contributed by atoms with Crippen LogP contribution in [0.5, 0.6) is 0 Å². The Kier molecular flexibility index (Phi) is 6.04. The molecular weight excluding hydrogens is 418 g/mol. The summed E-state index contributed by atoms with van der Waals surface area (Å²) in [7, 11) is 3.21. The van der Waals surface area contributed by atoms with Gasteiger partial charge in [-0.3, -0.25) is 9.59 Å². The third-order valence-electron chi connectivity index (χ3n) is 4.29. The van der Waals surface area contributed by atoms with Gasteiger partial charge in [0.1, 0.15) is 5.82 Å². The second-order valence-corrected chi connectivity index (χ2v) is 6.75. The Balaban J connectivity index is 1.80. The van der Waals surface area contributed by atoms with Gasteiger partial charge < -0.3 is 10.2 Å².